The lowest BCUT2D eigenvalue weighted by molar-refractivity contribution is 0.242. The quantitative estimate of drug-likeness (QED) is 0.851. The Labute approximate surface area is 119 Å². The largest absolute Gasteiger partial charge is 0.491 e. The van der Waals surface area contributed by atoms with Crippen LogP contribution in [0.15, 0.2) is 48.5 Å². The van der Waals surface area contributed by atoms with Crippen LogP contribution < -0.4 is 10.1 Å². The van der Waals surface area contributed by atoms with Gasteiger partial charge in [-0.1, -0.05) is 29.8 Å². The van der Waals surface area contributed by atoms with Gasteiger partial charge in [-0.25, -0.2) is 0 Å². The zero-order chi connectivity index (χ0) is 13.7. The van der Waals surface area contributed by atoms with Gasteiger partial charge in [0.15, 0.2) is 0 Å². The summed E-state index contributed by atoms with van der Waals surface area (Å²) in [5.74, 6) is 0.885. The molecule has 0 saturated carbocycles. The fourth-order valence-corrected chi connectivity index (χ4v) is 1.88. The van der Waals surface area contributed by atoms with Crippen molar-refractivity contribution in [1.82, 2.24) is 0 Å². The lowest BCUT2D eigenvalue weighted by Gasteiger charge is -2.12. The molecular weight excluding hydrogens is 258 g/mol. The molecule has 0 atom stereocenters. The first-order chi connectivity index (χ1) is 9.13. The highest BCUT2D eigenvalue weighted by molar-refractivity contribution is 6.30. The molecule has 3 heteroatoms. The van der Waals surface area contributed by atoms with E-state index in [9.17, 15) is 0 Å². The van der Waals surface area contributed by atoms with Crippen molar-refractivity contribution in [3.63, 3.8) is 0 Å². The van der Waals surface area contributed by atoms with Gasteiger partial charge in [0.2, 0.25) is 0 Å². The number of hydrogen-bond donors (Lipinski definition) is 1. The first-order valence-electron chi connectivity index (χ1n) is 6.38. The van der Waals surface area contributed by atoms with Gasteiger partial charge in [0.25, 0.3) is 0 Å². The fraction of sp³-hybridized carbons (Fsp3) is 0.250. The van der Waals surface area contributed by atoms with E-state index in [2.05, 4.69) is 5.32 Å². The number of anilines is 1. The molecule has 0 amide bonds. The van der Waals surface area contributed by atoms with Gasteiger partial charge in [-0.05, 0) is 43.7 Å². The van der Waals surface area contributed by atoms with E-state index >= 15 is 0 Å². The SMILES string of the molecule is CC(C)Oc1cccc(NCc2ccc(Cl)cc2)c1. The molecule has 0 radical (unpaired) electrons. The Bertz CT molecular complexity index is 523. The van der Waals surface area contributed by atoms with Crippen LogP contribution in [0.1, 0.15) is 19.4 Å². The Balaban J connectivity index is 1.97. The minimum atomic E-state index is 0.187. The van der Waals surface area contributed by atoms with E-state index in [1.165, 1.54) is 5.56 Å². The molecule has 0 fully saturated rings. The number of rotatable bonds is 5. The van der Waals surface area contributed by atoms with Gasteiger partial charge in [-0.2, -0.15) is 0 Å². The number of benzene rings is 2. The highest BCUT2D eigenvalue weighted by atomic mass is 35.5. The topological polar surface area (TPSA) is 21.3 Å². The van der Waals surface area contributed by atoms with E-state index in [4.69, 9.17) is 16.3 Å². The van der Waals surface area contributed by atoms with Gasteiger partial charge >= 0.3 is 0 Å². The summed E-state index contributed by atoms with van der Waals surface area (Å²) in [4.78, 5) is 0. The van der Waals surface area contributed by atoms with Crippen molar-refractivity contribution in [3.8, 4) is 5.75 Å². The number of ether oxygens (including phenoxy) is 1. The van der Waals surface area contributed by atoms with Crippen molar-refractivity contribution >= 4 is 17.3 Å². The van der Waals surface area contributed by atoms with Crippen LogP contribution in [0.25, 0.3) is 0 Å². The predicted molar refractivity (Wildman–Crippen MR) is 81.0 cm³/mol. The molecule has 0 bridgehead atoms. The second-order valence-corrected chi connectivity index (χ2v) is 5.11. The minimum absolute atomic E-state index is 0.187. The number of nitrogens with one attached hydrogen (secondary N) is 1. The second-order valence-electron chi connectivity index (χ2n) is 4.67. The summed E-state index contributed by atoms with van der Waals surface area (Å²) in [6.45, 7) is 4.81. The van der Waals surface area contributed by atoms with Gasteiger partial charge in [0.1, 0.15) is 5.75 Å². The number of hydrogen-bond acceptors (Lipinski definition) is 2. The first-order valence-corrected chi connectivity index (χ1v) is 6.76. The summed E-state index contributed by atoms with van der Waals surface area (Å²) in [6, 6.07) is 15.8. The van der Waals surface area contributed by atoms with Crippen LogP contribution in [-0.4, -0.2) is 6.10 Å². The van der Waals surface area contributed by atoms with Gasteiger partial charge in [0.05, 0.1) is 6.10 Å². The van der Waals surface area contributed by atoms with Crippen LogP contribution in [0.2, 0.25) is 5.02 Å². The molecule has 0 heterocycles. The minimum Gasteiger partial charge on any atom is -0.491 e. The van der Waals surface area contributed by atoms with Crippen molar-refractivity contribution in [3.05, 3.63) is 59.1 Å². The molecular formula is C16H18ClNO. The predicted octanol–water partition coefficient (Wildman–Crippen LogP) is 4.74. The highest BCUT2D eigenvalue weighted by Gasteiger charge is 1.99. The highest BCUT2D eigenvalue weighted by Crippen LogP contribution is 2.19. The van der Waals surface area contributed by atoms with E-state index in [-0.39, 0.29) is 6.10 Å². The molecule has 0 saturated heterocycles. The Morgan fingerprint density at radius 2 is 1.84 bits per heavy atom. The average molecular weight is 276 g/mol. The Morgan fingerprint density at radius 1 is 1.11 bits per heavy atom. The van der Waals surface area contributed by atoms with E-state index in [0.717, 1.165) is 23.0 Å². The van der Waals surface area contributed by atoms with Crippen LogP contribution in [0.4, 0.5) is 5.69 Å². The molecule has 2 rings (SSSR count). The lowest BCUT2D eigenvalue weighted by atomic mass is 10.2. The van der Waals surface area contributed by atoms with Crippen molar-refractivity contribution in [2.24, 2.45) is 0 Å². The molecule has 0 aliphatic rings. The summed E-state index contributed by atoms with van der Waals surface area (Å²) in [6.07, 6.45) is 0.187. The van der Waals surface area contributed by atoms with E-state index < -0.39 is 0 Å². The molecule has 2 nitrogen and oxygen atoms in total. The maximum atomic E-state index is 5.86. The van der Waals surface area contributed by atoms with Crippen LogP contribution in [0, 0.1) is 0 Å². The molecule has 19 heavy (non-hydrogen) atoms. The average Bonchev–Trinajstić information content (AvgIpc) is 2.38. The fourth-order valence-electron chi connectivity index (χ4n) is 1.76. The maximum absolute atomic E-state index is 5.86. The van der Waals surface area contributed by atoms with Crippen LogP contribution in [0.3, 0.4) is 0 Å². The zero-order valence-electron chi connectivity index (χ0n) is 11.2. The van der Waals surface area contributed by atoms with Gasteiger partial charge < -0.3 is 10.1 Å². The summed E-state index contributed by atoms with van der Waals surface area (Å²) in [7, 11) is 0. The third-order valence-corrected chi connectivity index (χ3v) is 2.87. The first kappa shape index (κ1) is 13.8. The standard InChI is InChI=1S/C16H18ClNO/c1-12(2)19-16-5-3-4-15(10-16)18-11-13-6-8-14(17)9-7-13/h3-10,12,18H,11H2,1-2H3. The molecule has 2 aromatic carbocycles. The Kier molecular flexibility index (Phi) is 4.69. The van der Waals surface area contributed by atoms with Gasteiger partial charge in [-0.15, -0.1) is 0 Å². The molecule has 0 aromatic heterocycles. The molecule has 0 spiro atoms. The normalized spacial score (nSPS) is 10.5. The van der Waals surface area contributed by atoms with E-state index in [1.807, 2.05) is 62.4 Å². The van der Waals surface area contributed by atoms with Crippen molar-refractivity contribution < 1.29 is 4.74 Å². The summed E-state index contributed by atoms with van der Waals surface area (Å²) < 4.78 is 5.67. The smallest absolute Gasteiger partial charge is 0.121 e. The van der Waals surface area contributed by atoms with Crippen molar-refractivity contribution in [1.29, 1.82) is 0 Å². The molecule has 0 unspecified atom stereocenters. The Morgan fingerprint density at radius 3 is 2.53 bits per heavy atom. The van der Waals surface area contributed by atoms with Crippen molar-refractivity contribution in [2.45, 2.75) is 26.5 Å². The number of halogens is 1. The van der Waals surface area contributed by atoms with Gasteiger partial charge in [0, 0.05) is 23.3 Å². The third kappa shape index (κ3) is 4.49. The van der Waals surface area contributed by atoms with Crippen LogP contribution in [-0.2, 0) is 6.54 Å². The van der Waals surface area contributed by atoms with Gasteiger partial charge in [-0.3, -0.25) is 0 Å². The van der Waals surface area contributed by atoms with E-state index in [0.29, 0.717) is 0 Å². The van der Waals surface area contributed by atoms with E-state index in [1.54, 1.807) is 0 Å². The maximum Gasteiger partial charge on any atom is 0.121 e. The summed E-state index contributed by atoms with van der Waals surface area (Å²) >= 11 is 5.86. The molecule has 0 aliphatic carbocycles. The summed E-state index contributed by atoms with van der Waals surface area (Å²) in [5, 5.41) is 4.13. The monoisotopic (exact) mass is 275 g/mol. The molecule has 1 N–H and O–H groups in total. The second kappa shape index (κ2) is 6.48. The molecule has 0 aliphatic heterocycles. The van der Waals surface area contributed by atoms with Crippen LogP contribution >= 0.6 is 11.6 Å². The zero-order valence-corrected chi connectivity index (χ0v) is 11.9. The summed E-state index contributed by atoms with van der Waals surface area (Å²) in [5.41, 5.74) is 2.24. The van der Waals surface area contributed by atoms with Crippen LogP contribution in [0.5, 0.6) is 5.75 Å². The lowest BCUT2D eigenvalue weighted by Crippen LogP contribution is -2.06. The molecule has 100 valence electrons. The van der Waals surface area contributed by atoms with Crippen molar-refractivity contribution in [2.75, 3.05) is 5.32 Å². The molecule has 2 aromatic rings. The Hall–Kier alpha value is -1.67. The third-order valence-electron chi connectivity index (χ3n) is 2.62.